The fourth-order valence-corrected chi connectivity index (χ4v) is 1.69. The van der Waals surface area contributed by atoms with E-state index in [4.69, 9.17) is 0 Å². The third-order valence-corrected chi connectivity index (χ3v) is 2.31. The van der Waals surface area contributed by atoms with Gasteiger partial charge < -0.3 is 4.98 Å². The first-order valence-corrected chi connectivity index (χ1v) is 4.36. The van der Waals surface area contributed by atoms with E-state index in [1.165, 1.54) is 12.1 Å². The Balaban J connectivity index is 2.58. The van der Waals surface area contributed by atoms with Crippen molar-refractivity contribution in [1.82, 2.24) is 9.97 Å². The molecule has 3 rings (SSSR count). The lowest BCUT2D eigenvalue weighted by Crippen LogP contribution is -1.73. The van der Waals surface area contributed by atoms with Gasteiger partial charge in [0.25, 0.3) is 0 Å². The fourth-order valence-electron chi connectivity index (χ4n) is 1.69. The molecule has 1 aromatic carbocycles. The number of H-pyrrole nitrogens is 1. The highest BCUT2D eigenvalue weighted by molar-refractivity contribution is 6.04. The molecular formula is C11H7FN2. The van der Waals surface area contributed by atoms with Crippen LogP contribution >= 0.6 is 0 Å². The molecule has 3 heteroatoms. The first kappa shape index (κ1) is 7.50. The maximum atomic E-state index is 13.0. The Morgan fingerprint density at radius 3 is 3.00 bits per heavy atom. The Kier molecular flexibility index (Phi) is 1.36. The second-order valence-electron chi connectivity index (χ2n) is 3.21. The normalized spacial score (nSPS) is 11.2. The largest absolute Gasteiger partial charge is 0.353 e. The second kappa shape index (κ2) is 2.54. The van der Waals surface area contributed by atoms with Crippen LogP contribution in [0, 0.1) is 5.82 Å². The molecule has 0 aliphatic rings. The van der Waals surface area contributed by atoms with E-state index in [1.807, 2.05) is 12.1 Å². The van der Waals surface area contributed by atoms with Crippen molar-refractivity contribution < 1.29 is 4.39 Å². The number of pyridine rings is 1. The quantitative estimate of drug-likeness (QED) is 0.574. The van der Waals surface area contributed by atoms with Gasteiger partial charge in [-0.2, -0.15) is 0 Å². The zero-order valence-corrected chi connectivity index (χ0v) is 7.29. The summed E-state index contributed by atoms with van der Waals surface area (Å²) in [6, 6.07) is 8.46. The molecule has 1 N–H and O–H groups in total. The van der Waals surface area contributed by atoms with E-state index in [0.717, 1.165) is 21.9 Å². The van der Waals surface area contributed by atoms with Gasteiger partial charge in [0, 0.05) is 17.1 Å². The molecule has 0 unspecified atom stereocenters. The summed E-state index contributed by atoms with van der Waals surface area (Å²) in [4.78, 5) is 7.39. The van der Waals surface area contributed by atoms with Crippen molar-refractivity contribution in [2.45, 2.75) is 0 Å². The average molecular weight is 186 g/mol. The number of rotatable bonds is 0. The van der Waals surface area contributed by atoms with Crippen LogP contribution in [0.25, 0.3) is 21.9 Å². The van der Waals surface area contributed by atoms with Gasteiger partial charge in [-0.15, -0.1) is 0 Å². The molecule has 0 fully saturated rings. The molecule has 2 aromatic heterocycles. The Labute approximate surface area is 79.4 Å². The summed E-state index contributed by atoms with van der Waals surface area (Å²) in [7, 11) is 0. The molecule has 0 aliphatic carbocycles. The number of aromatic amines is 1. The van der Waals surface area contributed by atoms with Crippen LogP contribution in [0.15, 0.2) is 36.5 Å². The molecule has 14 heavy (non-hydrogen) atoms. The molecule has 68 valence electrons. The van der Waals surface area contributed by atoms with Crippen LogP contribution in [0.1, 0.15) is 0 Å². The Morgan fingerprint density at radius 1 is 1.14 bits per heavy atom. The molecule has 0 amide bonds. The topological polar surface area (TPSA) is 28.7 Å². The lowest BCUT2D eigenvalue weighted by Gasteiger charge is -1.89. The van der Waals surface area contributed by atoms with Gasteiger partial charge in [0.05, 0.1) is 11.0 Å². The van der Waals surface area contributed by atoms with Crippen LogP contribution in [-0.4, -0.2) is 9.97 Å². The first-order valence-electron chi connectivity index (χ1n) is 4.36. The van der Waals surface area contributed by atoms with Gasteiger partial charge in [-0.05, 0) is 30.3 Å². The third-order valence-electron chi connectivity index (χ3n) is 2.31. The Bertz CT molecular complexity index is 613. The first-order chi connectivity index (χ1) is 6.84. The van der Waals surface area contributed by atoms with Crippen molar-refractivity contribution in [3.63, 3.8) is 0 Å². The summed E-state index contributed by atoms with van der Waals surface area (Å²) < 4.78 is 13.0. The minimum Gasteiger partial charge on any atom is -0.353 e. The lowest BCUT2D eigenvalue weighted by atomic mass is 10.2. The maximum absolute atomic E-state index is 13.0. The second-order valence-corrected chi connectivity index (χ2v) is 3.21. The minimum absolute atomic E-state index is 0.232. The van der Waals surface area contributed by atoms with Crippen molar-refractivity contribution in [2.24, 2.45) is 0 Å². The lowest BCUT2D eigenvalue weighted by molar-refractivity contribution is 0.630. The Hall–Kier alpha value is -1.90. The van der Waals surface area contributed by atoms with E-state index in [2.05, 4.69) is 9.97 Å². The minimum atomic E-state index is -0.232. The monoisotopic (exact) mass is 186 g/mol. The molecule has 2 nitrogen and oxygen atoms in total. The van der Waals surface area contributed by atoms with Gasteiger partial charge in [-0.3, -0.25) is 4.98 Å². The zero-order valence-electron chi connectivity index (χ0n) is 7.29. The van der Waals surface area contributed by atoms with Crippen LogP contribution < -0.4 is 0 Å². The van der Waals surface area contributed by atoms with Crippen molar-refractivity contribution in [3.8, 4) is 0 Å². The fraction of sp³-hybridized carbons (Fsp3) is 0. The summed E-state index contributed by atoms with van der Waals surface area (Å²) in [5, 5.41) is 0.834. The predicted molar refractivity (Wildman–Crippen MR) is 53.6 cm³/mol. The highest BCUT2D eigenvalue weighted by Crippen LogP contribution is 2.23. The van der Waals surface area contributed by atoms with Crippen LogP contribution in [0.3, 0.4) is 0 Å². The van der Waals surface area contributed by atoms with E-state index < -0.39 is 0 Å². The molecule has 0 spiro atoms. The van der Waals surface area contributed by atoms with Crippen LogP contribution in [0.2, 0.25) is 0 Å². The number of halogens is 1. The van der Waals surface area contributed by atoms with Crippen LogP contribution in [-0.2, 0) is 0 Å². The van der Waals surface area contributed by atoms with Crippen molar-refractivity contribution in [1.29, 1.82) is 0 Å². The van der Waals surface area contributed by atoms with E-state index in [1.54, 1.807) is 12.3 Å². The van der Waals surface area contributed by atoms with E-state index in [0.29, 0.717) is 0 Å². The summed E-state index contributed by atoms with van der Waals surface area (Å²) in [5.74, 6) is -0.232. The maximum Gasteiger partial charge on any atom is 0.124 e. The summed E-state index contributed by atoms with van der Waals surface area (Å²) in [6.45, 7) is 0. The van der Waals surface area contributed by atoms with E-state index in [-0.39, 0.29) is 5.82 Å². The zero-order chi connectivity index (χ0) is 9.54. The molecule has 0 radical (unpaired) electrons. The smallest absolute Gasteiger partial charge is 0.124 e. The van der Waals surface area contributed by atoms with Crippen molar-refractivity contribution in [3.05, 3.63) is 42.3 Å². The summed E-state index contributed by atoms with van der Waals surface area (Å²) in [6.07, 6.45) is 1.71. The highest BCUT2D eigenvalue weighted by Gasteiger charge is 2.04. The van der Waals surface area contributed by atoms with Crippen molar-refractivity contribution in [2.75, 3.05) is 0 Å². The standard InChI is InChI=1S/C11H7FN2/c12-7-3-4-9-8(6-7)11-10(14-9)2-1-5-13-11/h1-6,14H. The van der Waals surface area contributed by atoms with E-state index >= 15 is 0 Å². The van der Waals surface area contributed by atoms with Gasteiger partial charge in [0.2, 0.25) is 0 Å². The number of benzene rings is 1. The molecule has 0 aliphatic heterocycles. The van der Waals surface area contributed by atoms with Gasteiger partial charge in [0.15, 0.2) is 0 Å². The molecule has 0 atom stereocenters. The third kappa shape index (κ3) is 0.923. The Morgan fingerprint density at radius 2 is 2.07 bits per heavy atom. The molecular weight excluding hydrogens is 179 g/mol. The molecule has 0 saturated carbocycles. The van der Waals surface area contributed by atoms with Crippen LogP contribution in [0.5, 0.6) is 0 Å². The number of nitrogens with one attached hydrogen (secondary N) is 1. The summed E-state index contributed by atoms with van der Waals surface area (Å²) in [5.41, 5.74) is 2.68. The molecule has 0 bridgehead atoms. The number of hydrogen-bond acceptors (Lipinski definition) is 1. The number of aromatic nitrogens is 2. The van der Waals surface area contributed by atoms with Gasteiger partial charge >= 0.3 is 0 Å². The molecule has 2 heterocycles. The average Bonchev–Trinajstić information content (AvgIpc) is 2.56. The number of nitrogens with zero attached hydrogens (tertiary/aromatic N) is 1. The molecule has 3 aromatic rings. The highest BCUT2D eigenvalue weighted by atomic mass is 19.1. The van der Waals surface area contributed by atoms with Crippen molar-refractivity contribution >= 4 is 21.9 Å². The number of fused-ring (bicyclic) bond motifs is 3. The van der Waals surface area contributed by atoms with Gasteiger partial charge in [-0.1, -0.05) is 0 Å². The van der Waals surface area contributed by atoms with Gasteiger partial charge in [0.1, 0.15) is 5.82 Å². The molecule has 0 saturated heterocycles. The van der Waals surface area contributed by atoms with Crippen LogP contribution in [0.4, 0.5) is 4.39 Å². The number of hydrogen-bond donors (Lipinski definition) is 1. The van der Waals surface area contributed by atoms with Gasteiger partial charge in [-0.25, -0.2) is 4.39 Å². The van der Waals surface area contributed by atoms with E-state index in [9.17, 15) is 4.39 Å². The predicted octanol–water partition coefficient (Wildman–Crippen LogP) is 2.86. The SMILES string of the molecule is Fc1ccc2[nH]c3cccnc3c2c1. The summed E-state index contributed by atoms with van der Waals surface area (Å²) >= 11 is 0.